The molecule has 0 amide bonds. The maximum Gasteiger partial charge on any atom is 0.150 e. The monoisotopic (exact) mass is 249 g/mol. The second-order valence-electron chi connectivity index (χ2n) is 5.71. The third-order valence-electron chi connectivity index (χ3n) is 4.21. The maximum atomic E-state index is 5.30. The highest BCUT2D eigenvalue weighted by Crippen LogP contribution is 2.21. The Hall–Kier alpha value is -0.870. The van der Waals surface area contributed by atoms with Gasteiger partial charge in [0.1, 0.15) is 0 Å². The van der Waals surface area contributed by atoms with Crippen LogP contribution in [0.5, 0.6) is 0 Å². The van der Waals surface area contributed by atoms with E-state index < -0.39 is 0 Å². The molecule has 0 aromatic carbocycles. The minimum Gasteiger partial charge on any atom is -0.360 e. The lowest BCUT2D eigenvalue weighted by Crippen LogP contribution is -2.40. The Morgan fingerprint density at radius 2 is 2.11 bits per heavy atom. The van der Waals surface area contributed by atoms with Gasteiger partial charge < -0.3 is 4.52 Å². The van der Waals surface area contributed by atoms with E-state index in [1.165, 1.54) is 51.9 Å². The normalized spacial score (nSPS) is 26.8. The van der Waals surface area contributed by atoms with Crippen LogP contribution in [-0.4, -0.2) is 47.2 Å². The van der Waals surface area contributed by atoms with Gasteiger partial charge in [-0.25, -0.2) is 0 Å². The summed E-state index contributed by atoms with van der Waals surface area (Å²) >= 11 is 0. The predicted molar refractivity (Wildman–Crippen MR) is 70.3 cm³/mol. The van der Waals surface area contributed by atoms with Gasteiger partial charge in [0.2, 0.25) is 0 Å². The smallest absolute Gasteiger partial charge is 0.150 e. The summed E-state index contributed by atoms with van der Waals surface area (Å²) < 4.78 is 5.30. The molecule has 4 nitrogen and oxygen atoms in total. The number of piperidine rings is 1. The average Bonchev–Trinajstić information content (AvgIpc) is 3.01. The summed E-state index contributed by atoms with van der Waals surface area (Å²) in [5, 5.41) is 3.96. The van der Waals surface area contributed by atoms with Gasteiger partial charge in [-0.15, -0.1) is 0 Å². The highest BCUT2D eigenvalue weighted by atomic mass is 16.5. The van der Waals surface area contributed by atoms with Crippen LogP contribution in [0.3, 0.4) is 0 Å². The molecule has 3 rings (SSSR count). The van der Waals surface area contributed by atoms with Crippen LogP contribution in [0.25, 0.3) is 0 Å². The van der Waals surface area contributed by atoms with Gasteiger partial charge >= 0.3 is 0 Å². The molecular weight excluding hydrogens is 226 g/mol. The second-order valence-corrected chi connectivity index (χ2v) is 5.71. The molecule has 3 heterocycles. The van der Waals surface area contributed by atoms with Gasteiger partial charge in [-0.2, -0.15) is 0 Å². The van der Waals surface area contributed by atoms with Crippen molar-refractivity contribution in [3.05, 3.63) is 17.5 Å². The fourth-order valence-corrected chi connectivity index (χ4v) is 3.25. The largest absolute Gasteiger partial charge is 0.360 e. The summed E-state index contributed by atoms with van der Waals surface area (Å²) in [4.78, 5) is 5.19. The zero-order valence-corrected chi connectivity index (χ0v) is 11.3. The van der Waals surface area contributed by atoms with E-state index in [9.17, 15) is 0 Å². The Morgan fingerprint density at radius 3 is 2.83 bits per heavy atom. The van der Waals surface area contributed by atoms with Crippen molar-refractivity contribution in [1.29, 1.82) is 0 Å². The van der Waals surface area contributed by atoms with Gasteiger partial charge in [0, 0.05) is 25.2 Å². The first-order chi connectivity index (χ1) is 8.81. The van der Waals surface area contributed by atoms with Gasteiger partial charge in [-0.1, -0.05) is 11.6 Å². The minimum atomic E-state index is 0.773. The van der Waals surface area contributed by atoms with Crippen LogP contribution in [0.4, 0.5) is 0 Å². The third-order valence-corrected chi connectivity index (χ3v) is 4.21. The Balaban J connectivity index is 1.51. The van der Waals surface area contributed by atoms with E-state index in [1.807, 2.05) is 13.0 Å². The van der Waals surface area contributed by atoms with E-state index >= 15 is 0 Å². The Bertz CT molecular complexity index is 384. The second kappa shape index (κ2) is 5.41. The average molecular weight is 249 g/mol. The van der Waals surface area contributed by atoms with Crippen molar-refractivity contribution in [2.45, 2.75) is 45.2 Å². The van der Waals surface area contributed by atoms with Crippen molar-refractivity contribution in [2.24, 2.45) is 0 Å². The van der Waals surface area contributed by atoms with Crippen LogP contribution >= 0.6 is 0 Å². The highest BCUT2D eigenvalue weighted by molar-refractivity contribution is 5.03. The van der Waals surface area contributed by atoms with Gasteiger partial charge in [-0.3, -0.25) is 9.80 Å². The molecule has 0 unspecified atom stereocenters. The molecular formula is C14H23N3O. The first-order valence-corrected chi connectivity index (χ1v) is 7.20. The van der Waals surface area contributed by atoms with E-state index in [2.05, 4.69) is 15.0 Å². The lowest BCUT2D eigenvalue weighted by atomic mass is 10.1. The molecule has 0 radical (unpaired) electrons. The molecule has 1 atom stereocenters. The summed E-state index contributed by atoms with van der Waals surface area (Å²) in [7, 11) is 0. The molecule has 2 aliphatic heterocycles. The zero-order valence-electron chi connectivity index (χ0n) is 11.3. The number of aryl methyl sites for hydroxylation is 1. The Morgan fingerprint density at radius 1 is 1.28 bits per heavy atom. The molecule has 0 N–H and O–H groups in total. The molecule has 18 heavy (non-hydrogen) atoms. The van der Waals surface area contributed by atoms with Crippen LogP contribution in [0.1, 0.15) is 37.1 Å². The van der Waals surface area contributed by atoms with Gasteiger partial charge in [0.25, 0.3) is 0 Å². The van der Waals surface area contributed by atoms with Crippen LogP contribution < -0.4 is 0 Å². The SMILES string of the molecule is Cc1cc(CN2CC[C@H](N3CCCCC3)C2)on1. The van der Waals surface area contributed by atoms with Gasteiger partial charge in [0.05, 0.1) is 12.2 Å². The first kappa shape index (κ1) is 12.2. The number of hydrogen-bond donors (Lipinski definition) is 0. The van der Waals surface area contributed by atoms with Crippen molar-refractivity contribution < 1.29 is 4.52 Å². The van der Waals surface area contributed by atoms with Crippen molar-refractivity contribution in [1.82, 2.24) is 15.0 Å². The lowest BCUT2D eigenvalue weighted by Gasteiger charge is -2.32. The van der Waals surface area contributed by atoms with E-state index in [0.29, 0.717) is 0 Å². The lowest BCUT2D eigenvalue weighted by molar-refractivity contribution is 0.159. The quantitative estimate of drug-likeness (QED) is 0.820. The summed E-state index contributed by atoms with van der Waals surface area (Å²) in [5.41, 5.74) is 0.983. The fraction of sp³-hybridized carbons (Fsp3) is 0.786. The minimum absolute atomic E-state index is 0.773. The standard InChI is InChI=1S/C14H23N3O/c1-12-9-14(18-15-12)11-16-8-5-13(10-16)17-6-3-2-4-7-17/h9,13H,2-8,10-11H2,1H3/t13-/m0/s1. The van der Waals surface area contributed by atoms with Crippen molar-refractivity contribution in [3.63, 3.8) is 0 Å². The summed E-state index contributed by atoms with van der Waals surface area (Å²) in [6.07, 6.45) is 5.51. The molecule has 0 aliphatic carbocycles. The van der Waals surface area contributed by atoms with E-state index in [4.69, 9.17) is 4.52 Å². The number of hydrogen-bond acceptors (Lipinski definition) is 4. The summed E-state index contributed by atoms with van der Waals surface area (Å²) in [5.74, 6) is 1.01. The van der Waals surface area contributed by atoms with Crippen molar-refractivity contribution >= 4 is 0 Å². The molecule has 2 aliphatic rings. The van der Waals surface area contributed by atoms with Crippen molar-refractivity contribution in [3.8, 4) is 0 Å². The summed E-state index contributed by atoms with van der Waals surface area (Å²) in [6, 6.07) is 2.82. The molecule has 0 bridgehead atoms. The molecule has 1 aromatic heterocycles. The fourth-order valence-electron chi connectivity index (χ4n) is 3.25. The van der Waals surface area contributed by atoms with Crippen LogP contribution in [-0.2, 0) is 6.54 Å². The zero-order chi connectivity index (χ0) is 12.4. The number of likely N-dealkylation sites (tertiary alicyclic amines) is 2. The van der Waals surface area contributed by atoms with Crippen LogP contribution in [0.15, 0.2) is 10.6 Å². The Labute approximate surface area is 109 Å². The van der Waals surface area contributed by atoms with Crippen LogP contribution in [0, 0.1) is 6.92 Å². The first-order valence-electron chi connectivity index (χ1n) is 7.20. The Kier molecular flexibility index (Phi) is 3.66. The number of rotatable bonds is 3. The molecule has 2 saturated heterocycles. The molecule has 0 saturated carbocycles. The third kappa shape index (κ3) is 2.75. The number of aromatic nitrogens is 1. The predicted octanol–water partition coefficient (Wildman–Crippen LogP) is 2.04. The topological polar surface area (TPSA) is 32.5 Å². The summed E-state index contributed by atoms with van der Waals surface area (Å²) in [6.45, 7) is 7.90. The molecule has 0 spiro atoms. The highest BCUT2D eigenvalue weighted by Gasteiger charge is 2.28. The van der Waals surface area contributed by atoms with E-state index in [0.717, 1.165) is 24.0 Å². The molecule has 100 valence electrons. The van der Waals surface area contributed by atoms with E-state index in [1.54, 1.807) is 0 Å². The molecule has 4 heteroatoms. The molecule has 2 fully saturated rings. The maximum absolute atomic E-state index is 5.30. The number of nitrogens with zero attached hydrogens (tertiary/aromatic N) is 3. The van der Waals surface area contributed by atoms with Crippen LogP contribution in [0.2, 0.25) is 0 Å². The van der Waals surface area contributed by atoms with E-state index in [-0.39, 0.29) is 0 Å². The molecule has 1 aromatic rings. The van der Waals surface area contributed by atoms with Crippen molar-refractivity contribution in [2.75, 3.05) is 26.2 Å². The van der Waals surface area contributed by atoms with Gasteiger partial charge in [-0.05, 0) is 39.3 Å². The van der Waals surface area contributed by atoms with Gasteiger partial charge in [0.15, 0.2) is 5.76 Å².